The zero-order chi connectivity index (χ0) is 8.27. The van der Waals surface area contributed by atoms with Gasteiger partial charge in [-0.05, 0) is 18.6 Å². The number of hydrogen-bond acceptors (Lipinski definition) is 3. The third-order valence-electron chi connectivity index (χ3n) is 1.78. The van der Waals surface area contributed by atoms with Crippen molar-refractivity contribution in [2.45, 2.75) is 31.2 Å². The van der Waals surface area contributed by atoms with Crippen LogP contribution in [0.15, 0.2) is 0 Å². The van der Waals surface area contributed by atoms with E-state index in [9.17, 15) is 4.79 Å². The Labute approximate surface area is 70.6 Å². The van der Waals surface area contributed by atoms with Crippen LogP contribution in [0.2, 0.25) is 0 Å². The summed E-state index contributed by atoms with van der Waals surface area (Å²) >= 11 is 1.81. The van der Waals surface area contributed by atoms with Gasteiger partial charge in [0.05, 0.1) is 5.37 Å². The van der Waals surface area contributed by atoms with Crippen molar-refractivity contribution < 1.29 is 9.90 Å². The van der Waals surface area contributed by atoms with E-state index in [1.54, 1.807) is 0 Å². The largest absolute Gasteiger partial charge is 0.480 e. The number of carboxylic acid groups (broad SMARTS) is 1. The molecule has 64 valence electrons. The highest BCUT2D eigenvalue weighted by Gasteiger charge is 2.24. The molecule has 2 atom stereocenters. The average molecular weight is 175 g/mol. The van der Waals surface area contributed by atoms with Crippen molar-refractivity contribution in [1.29, 1.82) is 0 Å². The van der Waals surface area contributed by atoms with Gasteiger partial charge in [-0.2, -0.15) is 0 Å². The standard InChI is InChI=1S/C7H13NO2S/c1-2-6-8-5(7(9)10)3-4-11-6/h5-6,8H,2-4H2,1H3,(H,9,10). The first-order valence-corrected chi connectivity index (χ1v) is 4.89. The molecule has 0 spiro atoms. The maximum Gasteiger partial charge on any atom is 0.320 e. The smallest absolute Gasteiger partial charge is 0.320 e. The van der Waals surface area contributed by atoms with E-state index in [1.165, 1.54) is 0 Å². The Morgan fingerprint density at radius 1 is 1.82 bits per heavy atom. The van der Waals surface area contributed by atoms with E-state index in [4.69, 9.17) is 5.11 Å². The highest BCUT2D eigenvalue weighted by Crippen LogP contribution is 2.20. The second-order valence-corrected chi connectivity index (χ2v) is 3.92. The Hall–Kier alpha value is -0.220. The van der Waals surface area contributed by atoms with Crippen LogP contribution in [0.25, 0.3) is 0 Å². The summed E-state index contributed by atoms with van der Waals surface area (Å²) in [5.41, 5.74) is 0. The first kappa shape index (κ1) is 8.87. The molecule has 11 heavy (non-hydrogen) atoms. The molecule has 0 bridgehead atoms. The molecule has 3 nitrogen and oxygen atoms in total. The fourth-order valence-electron chi connectivity index (χ4n) is 1.11. The minimum absolute atomic E-state index is 0.318. The van der Waals surface area contributed by atoms with E-state index in [-0.39, 0.29) is 6.04 Å². The second kappa shape index (κ2) is 3.97. The molecule has 4 heteroatoms. The topological polar surface area (TPSA) is 49.3 Å². The average Bonchev–Trinajstić information content (AvgIpc) is 2.05. The lowest BCUT2D eigenvalue weighted by Gasteiger charge is -2.26. The maximum absolute atomic E-state index is 10.5. The van der Waals surface area contributed by atoms with Crippen LogP contribution in [0, 0.1) is 0 Å². The molecule has 0 aliphatic carbocycles. The van der Waals surface area contributed by atoms with Gasteiger partial charge in [0.2, 0.25) is 0 Å². The molecular formula is C7H13NO2S. The van der Waals surface area contributed by atoms with Crippen LogP contribution >= 0.6 is 11.8 Å². The van der Waals surface area contributed by atoms with Crippen LogP contribution in [0.1, 0.15) is 19.8 Å². The van der Waals surface area contributed by atoms with E-state index < -0.39 is 5.97 Å². The summed E-state index contributed by atoms with van der Waals surface area (Å²) in [6.45, 7) is 2.06. The lowest BCUT2D eigenvalue weighted by atomic mass is 10.2. The minimum atomic E-state index is -0.719. The summed E-state index contributed by atoms with van der Waals surface area (Å²) in [4.78, 5) is 10.5. The van der Waals surface area contributed by atoms with Crippen molar-refractivity contribution in [2.75, 3.05) is 5.75 Å². The number of nitrogens with one attached hydrogen (secondary N) is 1. The van der Waals surface area contributed by atoms with Gasteiger partial charge in [-0.15, -0.1) is 11.8 Å². The van der Waals surface area contributed by atoms with Gasteiger partial charge in [0.25, 0.3) is 0 Å². The van der Waals surface area contributed by atoms with Crippen molar-refractivity contribution in [3.05, 3.63) is 0 Å². The molecule has 0 aromatic heterocycles. The summed E-state index contributed by atoms with van der Waals surface area (Å²) in [6.07, 6.45) is 1.74. The maximum atomic E-state index is 10.5. The summed E-state index contributed by atoms with van der Waals surface area (Å²) in [7, 11) is 0. The van der Waals surface area contributed by atoms with Crippen LogP contribution in [-0.4, -0.2) is 28.2 Å². The first-order chi connectivity index (χ1) is 5.24. The van der Waals surface area contributed by atoms with Crippen molar-refractivity contribution >= 4 is 17.7 Å². The van der Waals surface area contributed by atoms with Gasteiger partial charge in [-0.1, -0.05) is 6.92 Å². The fraction of sp³-hybridized carbons (Fsp3) is 0.857. The van der Waals surface area contributed by atoms with Gasteiger partial charge in [0.15, 0.2) is 0 Å². The van der Waals surface area contributed by atoms with E-state index >= 15 is 0 Å². The van der Waals surface area contributed by atoms with Crippen LogP contribution in [0.5, 0.6) is 0 Å². The van der Waals surface area contributed by atoms with Gasteiger partial charge in [-0.3, -0.25) is 10.1 Å². The Bertz CT molecular complexity index is 151. The molecule has 0 amide bonds. The Balaban J connectivity index is 2.39. The number of carbonyl (C=O) groups is 1. The van der Waals surface area contributed by atoms with Gasteiger partial charge in [-0.25, -0.2) is 0 Å². The molecule has 0 aromatic rings. The molecular weight excluding hydrogens is 162 g/mol. The zero-order valence-corrected chi connectivity index (χ0v) is 7.36. The normalized spacial score (nSPS) is 31.7. The molecule has 2 N–H and O–H groups in total. The molecule has 0 saturated carbocycles. The van der Waals surface area contributed by atoms with Crippen molar-refractivity contribution in [1.82, 2.24) is 5.32 Å². The Kier molecular flexibility index (Phi) is 3.20. The van der Waals surface area contributed by atoms with E-state index in [2.05, 4.69) is 12.2 Å². The van der Waals surface area contributed by atoms with Crippen LogP contribution in [0.3, 0.4) is 0 Å². The summed E-state index contributed by atoms with van der Waals surface area (Å²) in [6, 6.07) is -0.318. The summed E-state index contributed by atoms with van der Waals surface area (Å²) < 4.78 is 0. The first-order valence-electron chi connectivity index (χ1n) is 3.84. The van der Waals surface area contributed by atoms with Crippen molar-refractivity contribution in [3.63, 3.8) is 0 Å². The molecule has 1 aliphatic rings. The number of hydrogen-bond donors (Lipinski definition) is 2. The molecule has 1 fully saturated rings. The second-order valence-electron chi connectivity index (χ2n) is 2.61. The lowest BCUT2D eigenvalue weighted by Crippen LogP contribution is -2.45. The molecule has 1 saturated heterocycles. The van der Waals surface area contributed by atoms with Crippen LogP contribution < -0.4 is 5.32 Å². The van der Waals surface area contributed by atoms with Gasteiger partial charge in [0, 0.05) is 0 Å². The number of aliphatic carboxylic acids is 1. The molecule has 0 aromatic carbocycles. The van der Waals surface area contributed by atoms with Crippen molar-refractivity contribution in [3.8, 4) is 0 Å². The highest BCUT2D eigenvalue weighted by atomic mass is 32.2. The summed E-state index contributed by atoms with van der Waals surface area (Å²) in [5.74, 6) is 0.242. The van der Waals surface area contributed by atoms with Gasteiger partial charge in [0.1, 0.15) is 6.04 Å². The number of rotatable bonds is 2. The summed E-state index contributed by atoms with van der Waals surface area (Å²) in [5, 5.41) is 12.1. The molecule has 0 radical (unpaired) electrons. The number of thioether (sulfide) groups is 1. The third-order valence-corrected chi connectivity index (χ3v) is 3.12. The number of carboxylic acids is 1. The lowest BCUT2D eigenvalue weighted by molar-refractivity contribution is -0.139. The Morgan fingerprint density at radius 2 is 2.55 bits per heavy atom. The third kappa shape index (κ3) is 2.38. The van der Waals surface area contributed by atoms with E-state index in [0.717, 1.165) is 18.6 Å². The molecule has 2 unspecified atom stereocenters. The van der Waals surface area contributed by atoms with Crippen molar-refractivity contribution in [2.24, 2.45) is 0 Å². The van der Waals surface area contributed by atoms with Gasteiger partial charge < -0.3 is 5.11 Å². The predicted molar refractivity (Wildman–Crippen MR) is 45.7 cm³/mol. The van der Waals surface area contributed by atoms with E-state index in [1.807, 2.05) is 11.8 Å². The molecule has 1 aliphatic heterocycles. The van der Waals surface area contributed by atoms with Crippen LogP contribution in [-0.2, 0) is 4.79 Å². The highest BCUT2D eigenvalue weighted by molar-refractivity contribution is 7.99. The molecule has 1 heterocycles. The molecule has 1 rings (SSSR count). The predicted octanol–water partition coefficient (Wildman–Crippen LogP) is 0.902. The minimum Gasteiger partial charge on any atom is -0.480 e. The quantitative estimate of drug-likeness (QED) is 0.654. The monoisotopic (exact) mass is 175 g/mol. The van der Waals surface area contributed by atoms with Gasteiger partial charge >= 0.3 is 5.97 Å². The zero-order valence-electron chi connectivity index (χ0n) is 6.54. The fourth-order valence-corrected chi connectivity index (χ4v) is 2.27. The van der Waals surface area contributed by atoms with Crippen LogP contribution in [0.4, 0.5) is 0 Å². The van der Waals surface area contributed by atoms with E-state index in [0.29, 0.717) is 5.37 Å². The Morgan fingerprint density at radius 3 is 3.09 bits per heavy atom. The SMILES string of the molecule is CCC1NC(C(=O)O)CCS1.